The van der Waals surface area contributed by atoms with Crippen molar-refractivity contribution in [3.8, 4) is 0 Å². The first-order chi connectivity index (χ1) is 9.88. The summed E-state index contributed by atoms with van der Waals surface area (Å²) in [7, 11) is 0. The van der Waals surface area contributed by atoms with Crippen molar-refractivity contribution in [1.29, 1.82) is 0 Å². The summed E-state index contributed by atoms with van der Waals surface area (Å²) in [5.74, 6) is -4.58. The molecule has 0 aliphatic carbocycles. The largest absolute Gasteiger partial charge is 0.478 e. The van der Waals surface area contributed by atoms with E-state index < -0.39 is 29.1 Å². The van der Waals surface area contributed by atoms with E-state index in [2.05, 4.69) is 5.32 Å². The third kappa shape index (κ3) is 3.35. The number of aromatic carboxylic acids is 1. The molecular weight excluding hydrogens is 304 g/mol. The first-order valence-corrected chi connectivity index (χ1v) is 6.05. The van der Waals surface area contributed by atoms with Gasteiger partial charge in [-0.05, 0) is 30.3 Å². The van der Waals surface area contributed by atoms with Crippen LogP contribution in [-0.2, 0) is 0 Å². The van der Waals surface area contributed by atoms with E-state index in [1.807, 2.05) is 0 Å². The molecule has 0 spiro atoms. The van der Waals surface area contributed by atoms with Crippen LogP contribution in [0.15, 0.2) is 36.4 Å². The number of carbonyl (C=O) groups is 2. The Morgan fingerprint density at radius 1 is 1.14 bits per heavy atom. The second-order valence-corrected chi connectivity index (χ2v) is 4.53. The number of anilines is 1. The van der Waals surface area contributed by atoms with Crippen LogP contribution >= 0.6 is 11.6 Å². The molecule has 21 heavy (non-hydrogen) atoms. The minimum absolute atomic E-state index is 0.0635. The number of carbonyl (C=O) groups excluding carboxylic acids is 1. The minimum atomic E-state index is -1.28. The summed E-state index contributed by atoms with van der Waals surface area (Å²) in [5, 5.41) is 11.2. The molecule has 4 nitrogen and oxygen atoms in total. The molecule has 2 aromatic carbocycles. The molecule has 2 rings (SSSR count). The number of carboxylic acid groups (broad SMARTS) is 1. The summed E-state index contributed by atoms with van der Waals surface area (Å²) in [6.45, 7) is 0. The van der Waals surface area contributed by atoms with Crippen molar-refractivity contribution in [2.24, 2.45) is 0 Å². The number of benzene rings is 2. The second-order valence-electron chi connectivity index (χ2n) is 4.09. The molecule has 108 valence electrons. The van der Waals surface area contributed by atoms with Crippen LogP contribution < -0.4 is 5.32 Å². The van der Waals surface area contributed by atoms with E-state index in [4.69, 9.17) is 16.7 Å². The molecular formula is C14H8ClF2NO3. The van der Waals surface area contributed by atoms with Crippen molar-refractivity contribution in [3.05, 3.63) is 64.2 Å². The normalized spacial score (nSPS) is 10.2. The monoisotopic (exact) mass is 311 g/mol. The van der Waals surface area contributed by atoms with Gasteiger partial charge >= 0.3 is 5.97 Å². The topological polar surface area (TPSA) is 66.4 Å². The zero-order chi connectivity index (χ0) is 15.6. The highest BCUT2D eigenvalue weighted by Crippen LogP contribution is 2.20. The third-order valence-electron chi connectivity index (χ3n) is 2.60. The Kier molecular flexibility index (Phi) is 4.18. The van der Waals surface area contributed by atoms with E-state index in [0.29, 0.717) is 0 Å². The van der Waals surface area contributed by atoms with Gasteiger partial charge in [-0.15, -0.1) is 0 Å². The fourth-order valence-corrected chi connectivity index (χ4v) is 1.90. The van der Waals surface area contributed by atoms with Gasteiger partial charge in [-0.25, -0.2) is 13.6 Å². The van der Waals surface area contributed by atoms with E-state index in [1.54, 1.807) is 0 Å². The Morgan fingerprint density at radius 3 is 2.52 bits per heavy atom. The van der Waals surface area contributed by atoms with Crippen LogP contribution in [0.3, 0.4) is 0 Å². The smallest absolute Gasteiger partial charge is 0.335 e. The predicted octanol–water partition coefficient (Wildman–Crippen LogP) is 3.57. The number of hydrogen-bond acceptors (Lipinski definition) is 2. The zero-order valence-electron chi connectivity index (χ0n) is 10.4. The van der Waals surface area contributed by atoms with Gasteiger partial charge in [0.1, 0.15) is 0 Å². The van der Waals surface area contributed by atoms with Crippen LogP contribution in [0, 0.1) is 11.6 Å². The summed E-state index contributed by atoms with van der Waals surface area (Å²) in [6.07, 6.45) is 0. The van der Waals surface area contributed by atoms with Crippen molar-refractivity contribution >= 4 is 29.2 Å². The third-order valence-corrected chi connectivity index (χ3v) is 2.82. The maximum atomic E-state index is 13.5. The van der Waals surface area contributed by atoms with Gasteiger partial charge in [0.05, 0.1) is 11.1 Å². The van der Waals surface area contributed by atoms with Crippen LogP contribution in [-0.4, -0.2) is 17.0 Å². The lowest BCUT2D eigenvalue weighted by Gasteiger charge is -2.08. The number of amides is 1. The van der Waals surface area contributed by atoms with Crippen molar-refractivity contribution in [3.63, 3.8) is 0 Å². The number of rotatable bonds is 3. The molecule has 0 fully saturated rings. The van der Waals surface area contributed by atoms with Crippen LogP contribution in [0.1, 0.15) is 20.7 Å². The lowest BCUT2D eigenvalue weighted by molar-refractivity contribution is 0.0696. The summed E-state index contributed by atoms with van der Waals surface area (Å²) in [6, 6.07) is 6.83. The molecule has 0 atom stereocenters. The van der Waals surface area contributed by atoms with E-state index in [0.717, 1.165) is 18.2 Å². The highest BCUT2D eigenvalue weighted by atomic mass is 35.5. The molecule has 2 aromatic rings. The lowest BCUT2D eigenvalue weighted by Crippen LogP contribution is -2.15. The zero-order valence-corrected chi connectivity index (χ0v) is 11.1. The first kappa shape index (κ1) is 14.9. The lowest BCUT2D eigenvalue weighted by atomic mass is 10.1. The molecule has 0 aromatic heterocycles. The average molecular weight is 312 g/mol. The average Bonchev–Trinajstić information content (AvgIpc) is 2.41. The van der Waals surface area contributed by atoms with Crippen LogP contribution in [0.25, 0.3) is 0 Å². The fraction of sp³-hybridized carbons (Fsp3) is 0. The molecule has 0 aliphatic heterocycles. The summed E-state index contributed by atoms with van der Waals surface area (Å²) >= 11 is 5.73. The van der Waals surface area contributed by atoms with Gasteiger partial charge in [-0.2, -0.15) is 0 Å². The highest BCUT2D eigenvalue weighted by Gasteiger charge is 2.16. The highest BCUT2D eigenvalue weighted by molar-refractivity contribution is 6.31. The summed E-state index contributed by atoms with van der Waals surface area (Å²) in [4.78, 5) is 22.8. The number of hydrogen-bond donors (Lipinski definition) is 2. The molecule has 0 radical (unpaired) electrons. The van der Waals surface area contributed by atoms with Gasteiger partial charge in [0.15, 0.2) is 11.6 Å². The maximum absolute atomic E-state index is 13.5. The van der Waals surface area contributed by atoms with Gasteiger partial charge in [-0.1, -0.05) is 17.7 Å². The standard InChI is InChI=1S/C14H8ClF2NO3/c15-8-4-7(14(20)21)5-9(6-8)18-13(19)10-2-1-3-11(16)12(10)17/h1-6H,(H,18,19)(H,20,21). The molecule has 7 heteroatoms. The molecule has 0 aliphatic rings. The van der Waals surface area contributed by atoms with Gasteiger partial charge in [-0.3, -0.25) is 4.79 Å². The quantitative estimate of drug-likeness (QED) is 0.910. The van der Waals surface area contributed by atoms with E-state index >= 15 is 0 Å². The minimum Gasteiger partial charge on any atom is -0.478 e. The van der Waals surface area contributed by atoms with Gasteiger partial charge in [0, 0.05) is 10.7 Å². The Hall–Kier alpha value is -2.47. The molecule has 0 saturated carbocycles. The molecule has 0 bridgehead atoms. The van der Waals surface area contributed by atoms with Crippen molar-refractivity contribution < 1.29 is 23.5 Å². The molecule has 0 unspecified atom stereocenters. The van der Waals surface area contributed by atoms with Crippen molar-refractivity contribution in [1.82, 2.24) is 0 Å². The molecule has 1 amide bonds. The Labute approximate surface area is 123 Å². The predicted molar refractivity (Wildman–Crippen MR) is 72.7 cm³/mol. The Balaban J connectivity index is 2.31. The van der Waals surface area contributed by atoms with E-state index in [1.165, 1.54) is 18.2 Å². The summed E-state index contributed by atoms with van der Waals surface area (Å²) < 4.78 is 26.5. The molecule has 2 N–H and O–H groups in total. The van der Waals surface area contributed by atoms with Crippen LogP contribution in [0.5, 0.6) is 0 Å². The summed E-state index contributed by atoms with van der Waals surface area (Å²) in [5.41, 5.74) is -0.571. The number of nitrogens with one attached hydrogen (secondary N) is 1. The Morgan fingerprint density at radius 2 is 1.86 bits per heavy atom. The van der Waals surface area contributed by atoms with Crippen LogP contribution in [0.4, 0.5) is 14.5 Å². The van der Waals surface area contributed by atoms with Gasteiger partial charge in [0.25, 0.3) is 5.91 Å². The number of carboxylic acids is 1. The molecule has 0 heterocycles. The second kappa shape index (κ2) is 5.88. The van der Waals surface area contributed by atoms with Crippen LogP contribution in [0.2, 0.25) is 5.02 Å². The number of halogens is 3. The Bertz CT molecular complexity index is 734. The van der Waals surface area contributed by atoms with Crippen molar-refractivity contribution in [2.45, 2.75) is 0 Å². The molecule has 0 saturated heterocycles. The first-order valence-electron chi connectivity index (χ1n) is 5.67. The van der Waals surface area contributed by atoms with Gasteiger partial charge < -0.3 is 10.4 Å². The van der Waals surface area contributed by atoms with Crippen molar-refractivity contribution in [2.75, 3.05) is 5.32 Å². The fourth-order valence-electron chi connectivity index (χ4n) is 1.66. The van der Waals surface area contributed by atoms with Gasteiger partial charge in [0.2, 0.25) is 0 Å². The SMILES string of the molecule is O=C(O)c1cc(Cl)cc(NC(=O)c2cccc(F)c2F)c1. The van der Waals surface area contributed by atoms with E-state index in [9.17, 15) is 18.4 Å². The van der Waals surface area contributed by atoms with E-state index in [-0.39, 0.29) is 16.3 Å². The maximum Gasteiger partial charge on any atom is 0.335 e.